The van der Waals surface area contributed by atoms with Crippen LogP contribution in [-0.4, -0.2) is 96.6 Å². The van der Waals surface area contributed by atoms with Crippen molar-refractivity contribution in [2.75, 3.05) is 80.8 Å². The molecule has 2 N–H and O–H groups in total. The average Bonchev–Trinajstić information content (AvgIpc) is 3.40. The number of fused-ring (bicyclic) bond motifs is 1. The van der Waals surface area contributed by atoms with E-state index in [1.54, 1.807) is 6.33 Å². The molecule has 0 saturated carbocycles. The van der Waals surface area contributed by atoms with Crippen LogP contribution in [0.1, 0.15) is 12.8 Å². The van der Waals surface area contributed by atoms with Gasteiger partial charge in [0, 0.05) is 56.7 Å². The number of H-pyrrole nitrogens is 1. The zero-order chi connectivity index (χ0) is 22.7. The number of aromatic amines is 1. The molecule has 10 nitrogen and oxygen atoms in total. The van der Waals surface area contributed by atoms with Crippen LogP contribution >= 0.6 is 0 Å². The van der Waals surface area contributed by atoms with Gasteiger partial charge in [-0.3, -0.25) is 4.90 Å². The van der Waals surface area contributed by atoms with E-state index in [2.05, 4.69) is 54.2 Å². The zero-order valence-corrected chi connectivity index (χ0v) is 19.4. The maximum atomic E-state index is 5.52. The third kappa shape index (κ3) is 4.53. The van der Waals surface area contributed by atoms with Crippen molar-refractivity contribution >= 4 is 34.3 Å². The highest BCUT2D eigenvalue weighted by Gasteiger charge is 2.27. The molecule has 0 atom stereocenters. The SMILES string of the molecule is c1nc2nc(N3CCC(N4CCOCC4)CC3)nc(Nc3ccc(N4CCOCC4)cc3)c2[nH]1. The first-order chi connectivity index (χ1) is 16.8. The van der Waals surface area contributed by atoms with Crippen molar-refractivity contribution in [1.82, 2.24) is 24.8 Å². The lowest BCUT2D eigenvalue weighted by atomic mass is 10.0. The molecule has 3 aliphatic rings. The molecule has 2 aromatic heterocycles. The Morgan fingerprint density at radius 2 is 1.53 bits per heavy atom. The van der Waals surface area contributed by atoms with Gasteiger partial charge in [0.1, 0.15) is 5.52 Å². The first kappa shape index (κ1) is 21.6. The Balaban J connectivity index is 1.17. The van der Waals surface area contributed by atoms with Crippen molar-refractivity contribution in [3.05, 3.63) is 30.6 Å². The summed E-state index contributed by atoms with van der Waals surface area (Å²) in [4.78, 5) is 24.5. The van der Waals surface area contributed by atoms with Crippen LogP contribution in [0, 0.1) is 0 Å². The highest BCUT2D eigenvalue weighted by Crippen LogP contribution is 2.28. The van der Waals surface area contributed by atoms with Gasteiger partial charge in [-0.05, 0) is 37.1 Å². The molecule has 0 bridgehead atoms. The van der Waals surface area contributed by atoms with Crippen molar-refractivity contribution in [1.29, 1.82) is 0 Å². The number of ether oxygens (including phenoxy) is 2. The number of hydrogen-bond acceptors (Lipinski definition) is 9. The van der Waals surface area contributed by atoms with Gasteiger partial charge in [-0.2, -0.15) is 9.97 Å². The molecule has 5 heterocycles. The molecule has 0 radical (unpaired) electrons. The van der Waals surface area contributed by atoms with Crippen LogP contribution in [0.15, 0.2) is 30.6 Å². The fourth-order valence-electron chi connectivity index (χ4n) is 5.14. The van der Waals surface area contributed by atoms with Gasteiger partial charge in [0.15, 0.2) is 11.5 Å². The fourth-order valence-corrected chi connectivity index (χ4v) is 5.14. The van der Waals surface area contributed by atoms with Gasteiger partial charge in [0.25, 0.3) is 0 Å². The second kappa shape index (κ2) is 9.73. The smallest absolute Gasteiger partial charge is 0.229 e. The van der Waals surface area contributed by atoms with Crippen LogP contribution in [0.3, 0.4) is 0 Å². The summed E-state index contributed by atoms with van der Waals surface area (Å²) in [5.74, 6) is 1.50. The van der Waals surface area contributed by atoms with Gasteiger partial charge in [-0.15, -0.1) is 0 Å². The predicted octanol–water partition coefficient (Wildman–Crippen LogP) is 2.23. The number of hydrogen-bond donors (Lipinski definition) is 2. The van der Waals surface area contributed by atoms with Gasteiger partial charge < -0.3 is 29.6 Å². The molecular formula is C24H32N8O2. The first-order valence-corrected chi connectivity index (χ1v) is 12.3. The number of rotatable bonds is 5. The largest absolute Gasteiger partial charge is 0.379 e. The Kier molecular flexibility index (Phi) is 6.17. The minimum absolute atomic E-state index is 0.622. The molecule has 3 fully saturated rings. The summed E-state index contributed by atoms with van der Waals surface area (Å²) in [5, 5.41) is 3.49. The molecule has 180 valence electrons. The number of anilines is 4. The van der Waals surface area contributed by atoms with Crippen LogP contribution in [-0.2, 0) is 9.47 Å². The number of aromatic nitrogens is 4. The van der Waals surface area contributed by atoms with E-state index in [0.29, 0.717) is 11.7 Å². The number of imidazole rings is 1. The van der Waals surface area contributed by atoms with E-state index in [1.807, 2.05) is 0 Å². The molecule has 1 aromatic carbocycles. The number of nitrogens with zero attached hydrogens (tertiary/aromatic N) is 6. The molecule has 0 aliphatic carbocycles. The fraction of sp³-hybridized carbons (Fsp3) is 0.542. The minimum atomic E-state index is 0.622. The summed E-state index contributed by atoms with van der Waals surface area (Å²) in [5.41, 5.74) is 3.72. The summed E-state index contributed by atoms with van der Waals surface area (Å²) in [6.45, 7) is 9.10. The molecule has 3 aliphatic heterocycles. The average molecular weight is 465 g/mol. The zero-order valence-electron chi connectivity index (χ0n) is 19.4. The standard InChI is InChI=1S/C24H32N8O2/c1-3-19(30-9-13-33-14-10-30)4-2-18(1)27-23-21-22(26-17-25-21)28-24(29-23)32-7-5-20(6-8-32)31-11-15-34-16-12-31/h1-4,17,20H,5-16H2,(H2,25,26,27,28,29). The summed E-state index contributed by atoms with van der Waals surface area (Å²) in [6.07, 6.45) is 3.92. The number of morpholine rings is 2. The van der Waals surface area contributed by atoms with E-state index in [4.69, 9.17) is 19.4 Å². The normalized spacial score (nSPS) is 20.7. The Hall–Kier alpha value is -2.95. The van der Waals surface area contributed by atoms with Crippen LogP contribution in [0.2, 0.25) is 0 Å². The van der Waals surface area contributed by atoms with Crippen LogP contribution in [0.5, 0.6) is 0 Å². The molecule has 3 saturated heterocycles. The van der Waals surface area contributed by atoms with E-state index in [1.165, 1.54) is 5.69 Å². The van der Waals surface area contributed by atoms with Crippen LogP contribution in [0.4, 0.5) is 23.1 Å². The topological polar surface area (TPSA) is 94.7 Å². The summed E-state index contributed by atoms with van der Waals surface area (Å²) >= 11 is 0. The highest BCUT2D eigenvalue weighted by atomic mass is 16.5. The quantitative estimate of drug-likeness (QED) is 0.589. The lowest BCUT2D eigenvalue weighted by Gasteiger charge is -2.40. The summed E-state index contributed by atoms with van der Waals surface area (Å²) in [6, 6.07) is 9.12. The Bertz CT molecular complexity index is 1080. The van der Waals surface area contributed by atoms with Gasteiger partial charge in [0.05, 0.1) is 32.8 Å². The lowest BCUT2D eigenvalue weighted by molar-refractivity contribution is 0.0114. The monoisotopic (exact) mass is 464 g/mol. The van der Waals surface area contributed by atoms with Gasteiger partial charge in [0.2, 0.25) is 5.95 Å². The second-order valence-electron chi connectivity index (χ2n) is 9.11. The molecule has 10 heteroatoms. The lowest BCUT2D eigenvalue weighted by Crippen LogP contribution is -2.49. The highest BCUT2D eigenvalue weighted by molar-refractivity contribution is 5.86. The van der Waals surface area contributed by atoms with E-state index in [9.17, 15) is 0 Å². The van der Waals surface area contributed by atoms with E-state index < -0.39 is 0 Å². The van der Waals surface area contributed by atoms with E-state index in [0.717, 1.165) is 102 Å². The third-order valence-electron chi connectivity index (χ3n) is 7.09. The molecule has 34 heavy (non-hydrogen) atoms. The Morgan fingerprint density at radius 3 is 2.26 bits per heavy atom. The third-order valence-corrected chi connectivity index (χ3v) is 7.09. The van der Waals surface area contributed by atoms with Gasteiger partial charge in [-0.1, -0.05) is 0 Å². The minimum Gasteiger partial charge on any atom is -0.379 e. The summed E-state index contributed by atoms with van der Waals surface area (Å²) in [7, 11) is 0. The van der Waals surface area contributed by atoms with Crippen molar-refractivity contribution in [2.45, 2.75) is 18.9 Å². The Morgan fingerprint density at radius 1 is 0.824 bits per heavy atom. The van der Waals surface area contributed by atoms with Gasteiger partial charge >= 0.3 is 0 Å². The van der Waals surface area contributed by atoms with Crippen molar-refractivity contribution in [3.63, 3.8) is 0 Å². The molecule has 0 amide bonds. The number of nitrogens with one attached hydrogen (secondary N) is 2. The van der Waals surface area contributed by atoms with Crippen molar-refractivity contribution in [3.8, 4) is 0 Å². The predicted molar refractivity (Wildman–Crippen MR) is 132 cm³/mol. The summed E-state index contributed by atoms with van der Waals surface area (Å²) < 4.78 is 11.0. The molecule has 0 unspecified atom stereocenters. The van der Waals surface area contributed by atoms with E-state index in [-0.39, 0.29) is 0 Å². The number of piperidine rings is 1. The first-order valence-electron chi connectivity index (χ1n) is 12.3. The Labute approximate surface area is 199 Å². The maximum Gasteiger partial charge on any atom is 0.229 e. The molecule has 3 aromatic rings. The van der Waals surface area contributed by atoms with E-state index >= 15 is 0 Å². The maximum absolute atomic E-state index is 5.52. The molecule has 6 rings (SSSR count). The van der Waals surface area contributed by atoms with Crippen molar-refractivity contribution in [2.24, 2.45) is 0 Å². The van der Waals surface area contributed by atoms with Crippen molar-refractivity contribution < 1.29 is 9.47 Å². The molecular weight excluding hydrogens is 432 g/mol. The second-order valence-corrected chi connectivity index (χ2v) is 9.11. The van der Waals surface area contributed by atoms with Crippen LogP contribution in [0.25, 0.3) is 11.2 Å². The van der Waals surface area contributed by atoms with Crippen LogP contribution < -0.4 is 15.1 Å². The van der Waals surface area contributed by atoms with Gasteiger partial charge in [-0.25, -0.2) is 4.98 Å². The molecule has 0 spiro atoms. The number of benzene rings is 1.